The van der Waals surface area contributed by atoms with Crippen molar-refractivity contribution in [3.05, 3.63) is 35.9 Å². The van der Waals surface area contributed by atoms with Crippen LogP contribution in [0, 0.1) is 0 Å². The number of hydrogen-bond acceptors (Lipinski definition) is 3. The summed E-state index contributed by atoms with van der Waals surface area (Å²) in [4.78, 5) is 13.8. The number of ether oxygens (including phenoxy) is 2. The fourth-order valence-corrected chi connectivity index (χ4v) is 2.61. The Bertz CT molecular complexity index is 420. The maximum Gasteiger partial charge on any atom is 0.410 e. The lowest BCUT2D eigenvalue weighted by Crippen LogP contribution is -2.44. The van der Waals surface area contributed by atoms with Crippen LogP contribution in [0.3, 0.4) is 0 Å². The molecule has 0 aliphatic carbocycles. The van der Waals surface area contributed by atoms with E-state index in [4.69, 9.17) is 9.47 Å². The molecule has 2 atom stereocenters. The zero-order valence-corrected chi connectivity index (χ0v) is 10.2. The highest BCUT2D eigenvalue weighted by Gasteiger charge is 2.38. The molecule has 2 heterocycles. The van der Waals surface area contributed by atoms with Crippen LogP contribution >= 0.6 is 0 Å². The molecule has 18 heavy (non-hydrogen) atoms. The third kappa shape index (κ3) is 2.34. The molecule has 0 N–H and O–H groups in total. The van der Waals surface area contributed by atoms with Gasteiger partial charge in [-0.2, -0.15) is 0 Å². The summed E-state index contributed by atoms with van der Waals surface area (Å²) in [5.74, 6) is 0. The molecule has 2 saturated heterocycles. The Kier molecular flexibility index (Phi) is 3.19. The molecule has 2 fully saturated rings. The summed E-state index contributed by atoms with van der Waals surface area (Å²) in [7, 11) is 0. The predicted molar refractivity (Wildman–Crippen MR) is 66.1 cm³/mol. The maximum absolute atomic E-state index is 12.0. The SMILES string of the molecule is O=C(OCc1ccccc1)N1CC[C@@H]2C[C@H]1CO2. The van der Waals surface area contributed by atoms with Crippen LogP contribution in [0.25, 0.3) is 0 Å². The van der Waals surface area contributed by atoms with Crippen molar-refractivity contribution in [3.8, 4) is 0 Å². The van der Waals surface area contributed by atoms with E-state index in [-0.39, 0.29) is 12.1 Å². The molecule has 1 amide bonds. The van der Waals surface area contributed by atoms with Crippen LogP contribution in [0.5, 0.6) is 0 Å². The molecule has 0 unspecified atom stereocenters. The Balaban J connectivity index is 1.55. The zero-order valence-electron chi connectivity index (χ0n) is 10.2. The van der Waals surface area contributed by atoms with E-state index in [2.05, 4.69) is 0 Å². The van der Waals surface area contributed by atoms with Crippen molar-refractivity contribution >= 4 is 6.09 Å². The van der Waals surface area contributed by atoms with Crippen LogP contribution < -0.4 is 0 Å². The normalized spacial score (nSPS) is 26.1. The number of piperidine rings is 1. The molecule has 96 valence electrons. The summed E-state index contributed by atoms with van der Waals surface area (Å²) in [5.41, 5.74) is 1.02. The molecule has 4 heteroatoms. The van der Waals surface area contributed by atoms with Gasteiger partial charge in [0.05, 0.1) is 18.8 Å². The molecular formula is C14H17NO3. The van der Waals surface area contributed by atoms with Gasteiger partial charge in [0, 0.05) is 6.54 Å². The lowest BCUT2D eigenvalue weighted by Gasteiger charge is -2.30. The number of carbonyl (C=O) groups is 1. The number of nitrogens with zero attached hydrogens (tertiary/aromatic N) is 1. The number of hydrogen-bond donors (Lipinski definition) is 0. The van der Waals surface area contributed by atoms with Crippen LogP contribution in [-0.2, 0) is 16.1 Å². The first-order chi connectivity index (χ1) is 8.83. The van der Waals surface area contributed by atoms with Crippen LogP contribution in [0.4, 0.5) is 4.79 Å². The number of fused-ring (bicyclic) bond motifs is 2. The number of amides is 1. The highest BCUT2D eigenvalue weighted by atomic mass is 16.6. The maximum atomic E-state index is 12.0. The van der Waals surface area contributed by atoms with Gasteiger partial charge in [-0.1, -0.05) is 30.3 Å². The summed E-state index contributed by atoms with van der Waals surface area (Å²) >= 11 is 0. The lowest BCUT2D eigenvalue weighted by atomic mass is 10.0. The van der Waals surface area contributed by atoms with Crippen LogP contribution in [0.15, 0.2) is 30.3 Å². The van der Waals surface area contributed by atoms with Crippen molar-refractivity contribution in [1.29, 1.82) is 0 Å². The third-order valence-corrected chi connectivity index (χ3v) is 3.63. The van der Waals surface area contributed by atoms with Crippen molar-refractivity contribution in [2.24, 2.45) is 0 Å². The van der Waals surface area contributed by atoms with Gasteiger partial charge in [-0.3, -0.25) is 0 Å². The van der Waals surface area contributed by atoms with Crippen LogP contribution in [0.2, 0.25) is 0 Å². The first-order valence-electron chi connectivity index (χ1n) is 6.42. The zero-order chi connectivity index (χ0) is 12.4. The second kappa shape index (κ2) is 4.98. The first kappa shape index (κ1) is 11.5. The molecule has 2 bridgehead atoms. The highest BCUT2D eigenvalue weighted by molar-refractivity contribution is 5.68. The Morgan fingerprint density at radius 3 is 3.06 bits per heavy atom. The molecule has 2 aliphatic heterocycles. The number of carbonyl (C=O) groups excluding carboxylic acids is 1. The van der Waals surface area contributed by atoms with E-state index in [1.54, 1.807) is 0 Å². The molecule has 0 aromatic heterocycles. The molecule has 2 aliphatic rings. The summed E-state index contributed by atoms with van der Waals surface area (Å²) in [6.07, 6.45) is 2.03. The predicted octanol–water partition coefficient (Wildman–Crippen LogP) is 2.19. The second-order valence-corrected chi connectivity index (χ2v) is 4.87. The van der Waals surface area contributed by atoms with Crippen molar-refractivity contribution in [3.63, 3.8) is 0 Å². The summed E-state index contributed by atoms with van der Waals surface area (Å²) in [6.45, 7) is 1.75. The van der Waals surface area contributed by atoms with Crippen LogP contribution in [-0.4, -0.2) is 36.3 Å². The Morgan fingerprint density at radius 2 is 2.22 bits per heavy atom. The van der Waals surface area contributed by atoms with Gasteiger partial charge in [0.25, 0.3) is 0 Å². The van der Waals surface area contributed by atoms with Gasteiger partial charge in [0.1, 0.15) is 6.61 Å². The quantitative estimate of drug-likeness (QED) is 0.804. The van der Waals surface area contributed by atoms with E-state index < -0.39 is 0 Å². The first-order valence-corrected chi connectivity index (χ1v) is 6.42. The Morgan fingerprint density at radius 1 is 1.39 bits per heavy atom. The molecule has 1 aromatic carbocycles. The third-order valence-electron chi connectivity index (χ3n) is 3.63. The standard InChI is InChI=1S/C14H17NO3/c16-14(18-9-11-4-2-1-3-5-11)15-7-6-13-8-12(15)10-17-13/h1-5,12-13H,6-10H2/t12-,13+/m0/s1. The van der Waals surface area contributed by atoms with E-state index in [1.165, 1.54) is 0 Å². The Hall–Kier alpha value is -1.55. The van der Waals surface area contributed by atoms with Gasteiger partial charge < -0.3 is 14.4 Å². The highest BCUT2D eigenvalue weighted by Crippen LogP contribution is 2.27. The summed E-state index contributed by atoms with van der Waals surface area (Å²) in [5, 5.41) is 0. The molecule has 0 spiro atoms. The lowest BCUT2D eigenvalue weighted by molar-refractivity contribution is 0.0754. The monoisotopic (exact) mass is 247 g/mol. The number of benzene rings is 1. The topological polar surface area (TPSA) is 38.8 Å². The van der Waals surface area contributed by atoms with E-state index in [1.807, 2.05) is 35.2 Å². The molecule has 0 saturated carbocycles. The van der Waals surface area contributed by atoms with Crippen molar-refractivity contribution < 1.29 is 14.3 Å². The van der Waals surface area contributed by atoms with E-state index in [0.29, 0.717) is 19.3 Å². The largest absolute Gasteiger partial charge is 0.445 e. The molecule has 1 aromatic rings. The minimum atomic E-state index is -0.215. The van der Waals surface area contributed by atoms with Gasteiger partial charge in [-0.25, -0.2) is 4.79 Å². The van der Waals surface area contributed by atoms with E-state index >= 15 is 0 Å². The average Bonchev–Trinajstić information content (AvgIpc) is 2.79. The average molecular weight is 247 g/mol. The fourth-order valence-electron chi connectivity index (χ4n) is 2.61. The molecule has 0 radical (unpaired) electrons. The smallest absolute Gasteiger partial charge is 0.410 e. The van der Waals surface area contributed by atoms with E-state index in [0.717, 1.165) is 24.9 Å². The van der Waals surface area contributed by atoms with Crippen molar-refractivity contribution in [2.75, 3.05) is 13.2 Å². The van der Waals surface area contributed by atoms with E-state index in [9.17, 15) is 4.79 Å². The van der Waals surface area contributed by atoms with Gasteiger partial charge in [-0.05, 0) is 18.4 Å². The number of rotatable bonds is 2. The molecule has 3 rings (SSSR count). The van der Waals surface area contributed by atoms with Gasteiger partial charge in [0.15, 0.2) is 0 Å². The Labute approximate surface area is 106 Å². The second-order valence-electron chi connectivity index (χ2n) is 4.87. The minimum Gasteiger partial charge on any atom is -0.445 e. The van der Waals surface area contributed by atoms with Gasteiger partial charge in [0.2, 0.25) is 0 Å². The fraction of sp³-hybridized carbons (Fsp3) is 0.500. The van der Waals surface area contributed by atoms with Crippen molar-refractivity contribution in [1.82, 2.24) is 4.90 Å². The number of likely N-dealkylation sites (tertiary alicyclic amines) is 1. The summed E-state index contributed by atoms with van der Waals surface area (Å²) < 4.78 is 10.9. The minimum absolute atomic E-state index is 0.215. The van der Waals surface area contributed by atoms with Crippen LogP contribution in [0.1, 0.15) is 18.4 Å². The molecular weight excluding hydrogens is 230 g/mol. The molecule has 4 nitrogen and oxygen atoms in total. The van der Waals surface area contributed by atoms with Gasteiger partial charge >= 0.3 is 6.09 Å². The summed E-state index contributed by atoms with van der Waals surface area (Å²) in [6, 6.07) is 9.97. The van der Waals surface area contributed by atoms with Crippen molar-refractivity contribution in [2.45, 2.75) is 31.6 Å². The van der Waals surface area contributed by atoms with Gasteiger partial charge in [-0.15, -0.1) is 0 Å².